The maximum atomic E-state index is 12.1. The average Bonchev–Trinajstić information content (AvgIpc) is 2.89. The molecule has 20 heavy (non-hydrogen) atoms. The number of aromatic nitrogens is 1. The third-order valence-corrected chi connectivity index (χ3v) is 3.55. The summed E-state index contributed by atoms with van der Waals surface area (Å²) in [6.45, 7) is 1.05. The molecule has 6 heteroatoms. The van der Waals surface area contributed by atoms with E-state index in [9.17, 15) is 4.79 Å². The lowest BCUT2D eigenvalue weighted by molar-refractivity contribution is 0.102. The summed E-state index contributed by atoms with van der Waals surface area (Å²) in [5.41, 5.74) is 7.64. The van der Waals surface area contributed by atoms with Gasteiger partial charge in [-0.1, -0.05) is 12.1 Å². The van der Waals surface area contributed by atoms with Crippen LogP contribution in [0.5, 0.6) is 0 Å². The summed E-state index contributed by atoms with van der Waals surface area (Å²) in [5.74, 6) is -0.209. The van der Waals surface area contributed by atoms with Crippen LogP contribution in [0, 0.1) is 0 Å². The first-order chi connectivity index (χ1) is 9.72. The molecule has 0 radical (unpaired) electrons. The van der Waals surface area contributed by atoms with Crippen molar-refractivity contribution in [2.75, 3.05) is 19.0 Å². The van der Waals surface area contributed by atoms with E-state index >= 15 is 0 Å². The summed E-state index contributed by atoms with van der Waals surface area (Å²) in [5, 5.41) is 5.46. The molecule has 0 bridgehead atoms. The van der Waals surface area contributed by atoms with Gasteiger partial charge in [0, 0.05) is 24.6 Å². The first-order valence-electron chi connectivity index (χ1n) is 6.26. The second-order valence-corrected chi connectivity index (χ2v) is 5.20. The van der Waals surface area contributed by atoms with E-state index < -0.39 is 0 Å². The molecule has 3 N–H and O–H groups in total. The number of nitrogens with one attached hydrogen (secondary N) is 1. The van der Waals surface area contributed by atoms with Crippen LogP contribution in [0.15, 0.2) is 29.6 Å². The Kier molecular flexibility index (Phi) is 5.23. The number of amides is 1. The molecule has 0 aliphatic heterocycles. The Labute approximate surface area is 121 Å². The lowest BCUT2D eigenvalue weighted by Crippen LogP contribution is -2.13. The topological polar surface area (TPSA) is 77.2 Å². The number of carbonyl (C=O) groups is 1. The average molecular weight is 291 g/mol. The molecule has 0 spiro atoms. The predicted molar refractivity (Wildman–Crippen MR) is 80.0 cm³/mol. The Bertz CT molecular complexity index is 583. The normalized spacial score (nSPS) is 10.5. The Morgan fingerprint density at radius 2 is 2.35 bits per heavy atom. The number of rotatable bonds is 6. The number of carbonyl (C=O) groups excluding carboxylic acids is 1. The zero-order chi connectivity index (χ0) is 14.4. The highest BCUT2D eigenvalue weighted by atomic mass is 32.1. The molecular formula is C14H17N3O2S. The highest BCUT2D eigenvalue weighted by molar-refractivity contribution is 7.09. The van der Waals surface area contributed by atoms with Gasteiger partial charge in [-0.15, -0.1) is 11.3 Å². The van der Waals surface area contributed by atoms with Crippen molar-refractivity contribution in [2.24, 2.45) is 5.73 Å². The zero-order valence-electron chi connectivity index (χ0n) is 11.3. The molecule has 2 rings (SSSR count). The third kappa shape index (κ3) is 3.86. The number of nitrogens with two attached hydrogens (primary N) is 1. The Hall–Kier alpha value is -1.76. The van der Waals surface area contributed by atoms with Crippen LogP contribution >= 0.6 is 11.3 Å². The molecule has 0 atom stereocenters. The van der Waals surface area contributed by atoms with E-state index in [-0.39, 0.29) is 5.91 Å². The highest BCUT2D eigenvalue weighted by Crippen LogP contribution is 2.15. The summed E-state index contributed by atoms with van der Waals surface area (Å²) in [7, 11) is 1.64. The summed E-state index contributed by atoms with van der Waals surface area (Å²) in [6.07, 6.45) is 0.696. The second-order valence-electron chi connectivity index (χ2n) is 4.25. The van der Waals surface area contributed by atoms with E-state index in [4.69, 9.17) is 10.5 Å². The van der Waals surface area contributed by atoms with E-state index in [2.05, 4.69) is 10.3 Å². The molecule has 5 nitrogen and oxygen atoms in total. The lowest BCUT2D eigenvalue weighted by Gasteiger charge is -2.05. The smallest absolute Gasteiger partial charge is 0.275 e. The first kappa shape index (κ1) is 14.6. The van der Waals surface area contributed by atoms with E-state index in [1.807, 2.05) is 24.3 Å². The minimum atomic E-state index is -0.209. The van der Waals surface area contributed by atoms with Gasteiger partial charge in [-0.3, -0.25) is 4.79 Å². The SMILES string of the molecule is COCc1cccc(NC(=O)c2csc(CCN)n2)c1. The van der Waals surface area contributed by atoms with Crippen molar-refractivity contribution in [3.63, 3.8) is 0 Å². The monoisotopic (exact) mass is 291 g/mol. The lowest BCUT2D eigenvalue weighted by atomic mass is 10.2. The van der Waals surface area contributed by atoms with Crippen molar-refractivity contribution in [1.82, 2.24) is 4.98 Å². The van der Waals surface area contributed by atoms with E-state index in [0.717, 1.165) is 16.3 Å². The molecule has 0 saturated heterocycles. The van der Waals surface area contributed by atoms with Crippen molar-refractivity contribution in [3.05, 3.63) is 45.9 Å². The molecule has 1 aromatic heterocycles. The van der Waals surface area contributed by atoms with E-state index in [1.54, 1.807) is 12.5 Å². The number of hydrogen-bond donors (Lipinski definition) is 2. The van der Waals surface area contributed by atoms with Gasteiger partial charge in [0.2, 0.25) is 0 Å². The van der Waals surface area contributed by atoms with Crippen molar-refractivity contribution in [2.45, 2.75) is 13.0 Å². The number of hydrogen-bond acceptors (Lipinski definition) is 5. The number of nitrogens with zero attached hydrogens (tertiary/aromatic N) is 1. The molecule has 0 aliphatic rings. The van der Waals surface area contributed by atoms with Crippen molar-refractivity contribution < 1.29 is 9.53 Å². The van der Waals surface area contributed by atoms with Gasteiger partial charge < -0.3 is 15.8 Å². The van der Waals surface area contributed by atoms with Crippen molar-refractivity contribution in [3.8, 4) is 0 Å². The molecule has 106 valence electrons. The summed E-state index contributed by atoms with van der Waals surface area (Å²) in [6, 6.07) is 7.55. The van der Waals surface area contributed by atoms with Gasteiger partial charge in [0.05, 0.1) is 11.6 Å². The van der Waals surface area contributed by atoms with Crippen LogP contribution in [-0.2, 0) is 17.8 Å². The largest absolute Gasteiger partial charge is 0.380 e. The standard InChI is InChI=1S/C14H17N3O2S/c1-19-8-10-3-2-4-11(7-10)16-14(18)12-9-20-13(17-12)5-6-15/h2-4,7,9H,5-6,8,15H2,1H3,(H,16,18). The van der Waals surface area contributed by atoms with Gasteiger partial charge in [0.15, 0.2) is 0 Å². The fourth-order valence-corrected chi connectivity index (χ4v) is 2.55. The van der Waals surface area contributed by atoms with Gasteiger partial charge in [-0.2, -0.15) is 0 Å². The maximum absolute atomic E-state index is 12.1. The quantitative estimate of drug-likeness (QED) is 0.854. The zero-order valence-corrected chi connectivity index (χ0v) is 12.1. The van der Waals surface area contributed by atoms with Crippen LogP contribution in [-0.4, -0.2) is 24.5 Å². The second kappa shape index (κ2) is 7.14. The molecule has 0 aliphatic carbocycles. The van der Waals surface area contributed by atoms with Crippen LogP contribution in [0.3, 0.4) is 0 Å². The third-order valence-electron chi connectivity index (χ3n) is 2.64. The molecule has 0 unspecified atom stereocenters. The molecule has 0 saturated carbocycles. The van der Waals surface area contributed by atoms with Crippen LogP contribution in [0.4, 0.5) is 5.69 Å². The Morgan fingerprint density at radius 1 is 1.50 bits per heavy atom. The summed E-state index contributed by atoms with van der Waals surface area (Å²) >= 11 is 1.45. The maximum Gasteiger partial charge on any atom is 0.275 e. The molecule has 1 heterocycles. The van der Waals surface area contributed by atoms with Gasteiger partial charge in [-0.05, 0) is 24.2 Å². The van der Waals surface area contributed by atoms with Crippen molar-refractivity contribution >= 4 is 22.9 Å². The molecular weight excluding hydrogens is 274 g/mol. The number of ether oxygens (including phenoxy) is 1. The summed E-state index contributed by atoms with van der Waals surface area (Å²) < 4.78 is 5.07. The molecule has 1 amide bonds. The van der Waals surface area contributed by atoms with E-state index in [1.165, 1.54) is 11.3 Å². The fraction of sp³-hybridized carbons (Fsp3) is 0.286. The molecule has 2 aromatic rings. The van der Waals surface area contributed by atoms with Crippen LogP contribution in [0.25, 0.3) is 0 Å². The number of thiazole rings is 1. The van der Waals surface area contributed by atoms with Gasteiger partial charge >= 0.3 is 0 Å². The highest BCUT2D eigenvalue weighted by Gasteiger charge is 2.10. The summed E-state index contributed by atoms with van der Waals surface area (Å²) in [4.78, 5) is 16.3. The van der Waals surface area contributed by atoms with Crippen LogP contribution < -0.4 is 11.1 Å². The number of methoxy groups -OCH3 is 1. The van der Waals surface area contributed by atoms with Gasteiger partial charge in [-0.25, -0.2) is 4.98 Å². The van der Waals surface area contributed by atoms with E-state index in [0.29, 0.717) is 25.3 Å². The molecule has 0 fully saturated rings. The first-order valence-corrected chi connectivity index (χ1v) is 7.14. The Morgan fingerprint density at radius 3 is 3.10 bits per heavy atom. The van der Waals surface area contributed by atoms with Gasteiger partial charge in [0.25, 0.3) is 5.91 Å². The van der Waals surface area contributed by atoms with Crippen molar-refractivity contribution in [1.29, 1.82) is 0 Å². The number of anilines is 1. The number of benzene rings is 1. The fourth-order valence-electron chi connectivity index (χ4n) is 1.75. The minimum Gasteiger partial charge on any atom is -0.380 e. The predicted octanol–water partition coefficient (Wildman–Crippen LogP) is 2.04. The Balaban J connectivity index is 2.04. The molecule has 1 aromatic carbocycles. The van der Waals surface area contributed by atoms with Crippen LogP contribution in [0.2, 0.25) is 0 Å². The van der Waals surface area contributed by atoms with Crippen LogP contribution in [0.1, 0.15) is 21.1 Å². The van der Waals surface area contributed by atoms with Gasteiger partial charge in [0.1, 0.15) is 5.69 Å². The minimum absolute atomic E-state index is 0.209.